The molecule has 9 nitrogen and oxygen atoms in total. The van der Waals surface area contributed by atoms with E-state index in [4.69, 9.17) is 9.47 Å². The molecule has 0 aromatic heterocycles. The van der Waals surface area contributed by atoms with Crippen LogP contribution in [0.4, 0.5) is 5.69 Å². The second-order valence-electron chi connectivity index (χ2n) is 8.41. The van der Waals surface area contributed by atoms with Crippen molar-refractivity contribution in [3.8, 4) is 11.5 Å². The molecule has 1 saturated heterocycles. The van der Waals surface area contributed by atoms with E-state index in [0.717, 1.165) is 18.4 Å². The number of sulfonamides is 1. The van der Waals surface area contributed by atoms with E-state index in [1.54, 1.807) is 44.6 Å². The quantitative estimate of drug-likeness (QED) is 0.641. The van der Waals surface area contributed by atoms with E-state index in [1.807, 2.05) is 0 Å². The van der Waals surface area contributed by atoms with Crippen LogP contribution in [0, 0.1) is 0 Å². The summed E-state index contributed by atoms with van der Waals surface area (Å²) in [5, 5.41) is 2.88. The second kappa shape index (κ2) is 9.63. The molecule has 2 aliphatic heterocycles. The molecule has 0 unspecified atom stereocenters. The van der Waals surface area contributed by atoms with Gasteiger partial charge >= 0.3 is 0 Å². The SMILES string of the molecule is COc1ccc(CNC(=O)[C@H]2Cc3cc(S(=O)(=O)N4CCCC4)ccc3N2C(C)=O)c(OC)c1. The molecule has 182 valence electrons. The standard InChI is InChI=1S/C24H29N3O6S/c1-16(28)27-21-9-8-20(34(30,31)26-10-4-5-11-26)12-18(21)13-22(27)24(29)25-15-17-6-7-19(32-2)14-23(17)33-3/h6-9,12,14,22H,4-5,10-11,13,15H2,1-3H3,(H,25,29)/t22-/m1/s1. The van der Waals surface area contributed by atoms with E-state index in [-0.39, 0.29) is 29.7 Å². The molecule has 0 radical (unpaired) electrons. The normalized spacial score (nSPS) is 18.0. The molecule has 1 N–H and O–H groups in total. The molecule has 4 rings (SSSR count). The van der Waals surface area contributed by atoms with Gasteiger partial charge in [-0.3, -0.25) is 14.5 Å². The molecule has 0 bridgehead atoms. The van der Waals surface area contributed by atoms with Crippen LogP contribution >= 0.6 is 0 Å². The Morgan fingerprint density at radius 3 is 2.44 bits per heavy atom. The Morgan fingerprint density at radius 1 is 1.06 bits per heavy atom. The summed E-state index contributed by atoms with van der Waals surface area (Å²) in [5.74, 6) is 0.611. The highest BCUT2D eigenvalue weighted by molar-refractivity contribution is 7.89. The maximum Gasteiger partial charge on any atom is 0.243 e. The smallest absolute Gasteiger partial charge is 0.243 e. The monoisotopic (exact) mass is 487 g/mol. The lowest BCUT2D eigenvalue weighted by atomic mass is 10.1. The lowest BCUT2D eigenvalue weighted by molar-refractivity contribution is -0.125. The number of amides is 2. The molecule has 2 aromatic carbocycles. The molecule has 2 aliphatic rings. The molecule has 2 amide bonds. The molecule has 34 heavy (non-hydrogen) atoms. The van der Waals surface area contributed by atoms with Gasteiger partial charge in [0.2, 0.25) is 21.8 Å². The van der Waals surface area contributed by atoms with Crippen LogP contribution in [-0.2, 0) is 32.6 Å². The van der Waals surface area contributed by atoms with E-state index in [0.29, 0.717) is 35.8 Å². The highest BCUT2D eigenvalue weighted by Gasteiger charge is 2.38. The Bertz CT molecular complexity index is 1210. The summed E-state index contributed by atoms with van der Waals surface area (Å²) in [6.45, 7) is 2.63. The first-order valence-electron chi connectivity index (χ1n) is 11.2. The number of hydrogen-bond acceptors (Lipinski definition) is 6. The Kier molecular flexibility index (Phi) is 6.81. The number of rotatable bonds is 7. The minimum Gasteiger partial charge on any atom is -0.497 e. The summed E-state index contributed by atoms with van der Waals surface area (Å²) >= 11 is 0. The number of hydrogen-bond donors (Lipinski definition) is 1. The van der Waals surface area contributed by atoms with E-state index in [2.05, 4.69) is 5.32 Å². The zero-order valence-corrected chi connectivity index (χ0v) is 20.4. The number of methoxy groups -OCH3 is 2. The predicted octanol–water partition coefficient (Wildman–Crippen LogP) is 2.08. The van der Waals surface area contributed by atoms with Crippen molar-refractivity contribution in [3.63, 3.8) is 0 Å². The number of nitrogens with one attached hydrogen (secondary N) is 1. The van der Waals surface area contributed by atoms with Crippen LogP contribution in [0.5, 0.6) is 11.5 Å². The topological polar surface area (TPSA) is 105 Å². The fourth-order valence-electron chi connectivity index (χ4n) is 4.56. The fourth-order valence-corrected chi connectivity index (χ4v) is 6.13. The van der Waals surface area contributed by atoms with Crippen LogP contribution in [0.15, 0.2) is 41.3 Å². The van der Waals surface area contributed by atoms with Crippen LogP contribution in [-0.4, -0.2) is 57.9 Å². The van der Waals surface area contributed by atoms with Crippen LogP contribution in [0.3, 0.4) is 0 Å². The van der Waals surface area contributed by atoms with Crippen LogP contribution < -0.4 is 19.7 Å². The van der Waals surface area contributed by atoms with E-state index in [1.165, 1.54) is 22.2 Å². The van der Waals surface area contributed by atoms with Gasteiger partial charge in [-0.15, -0.1) is 0 Å². The van der Waals surface area contributed by atoms with Crippen molar-refractivity contribution in [2.45, 2.75) is 43.7 Å². The van der Waals surface area contributed by atoms with Gasteiger partial charge in [-0.05, 0) is 48.7 Å². The van der Waals surface area contributed by atoms with E-state index in [9.17, 15) is 18.0 Å². The van der Waals surface area contributed by atoms with Crippen molar-refractivity contribution in [3.05, 3.63) is 47.5 Å². The highest BCUT2D eigenvalue weighted by atomic mass is 32.2. The maximum atomic E-state index is 13.1. The average molecular weight is 488 g/mol. The minimum atomic E-state index is -3.59. The van der Waals surface area contributed by atoms with Crippen LogP contribution in [0.1, 0.15) is 30.9 Å². The van der Waals surface area contributed by atoms with Crippen molar-refractivity contribution < 1.29 is 27.5 Å². The Hall–Kier alpha value is -3.11. The number of fused-ring (bicyclic) bond motifs is 1. The molecule has 1 atom stereocenters. The van der Waals surface area contributed by atoms with Crippen molar-refractivity contribution in [1.29, 1.82) is 0 Å². The summed E-state index contributed by atoms with van der Waals surface area (Å²) in [4.78, 5) is 27.2. The van der Waals surface area contributed by atoms with Gasteiger partial charge in [-0.2, -0.15) is 4.31 Å². The third-order valence-corrected chi connectivity index (χ3v) is 8.22. The Morgan fingerprint density at radius 2 is 1.79 bits per heavy atom. The fraction of sp³-hybridized carbons (Fsp3) is 0.417. The first kappa shape index (κ1) is 24.0. The van der Waals surface area contributed by atoms with Crippen molar-refractivity contribution in [1.82, 2.24) is 9.62 Å². The number of carbonyl (C=O) groups excluding carboxylic acids is 2. The molecule has 1 fully saturated rings. The summed E-state index contributed by atoms with van der Waals surface area (Å²) in [6, 6.07) is 9.29. The molecular weight excluding hydrogens is 458 g/mol. The Balaban J connectivity index is 1.54. The molecule has 2 aromatic rings. The van der Waals surface area contributed by atoms with Gasteiger partial charge in [0.15, 0.2) is 0 Å². The first-order chi connectivity index (χ1) is 16.3. The molecule has 2 heterocycles. The zero-order valence-electron chi connectivity index (χ0n) is 19.5. The summed E-state index contributed by atoms with van der Waals surface area (Å²) < 4.78 is 38.0. The molecule has 10 heteroatoms. The summed E-state index contributed by atoms with van der Waals surface area (Å²) in [7, 11) is -0.488. The van der Waals surface area contributed by atoms with Crippen LogP contribution in [0.2, 0.25) is 0 Å². The lowest BCUT2D eigenvalue weighted by Crippen LogP contribution is -2.47. The Labute approximate surface area is 199 Å². The molecule has 0 aliphatic carbocycles. The van der Waals surface area contributed by atoms with Gasteiger partial charge in [0.25, 0.3) is 0 Å². The molecule has 0 spiro atoms. The summed E-state index contributed by atoms with van der Waals surface area (Å²) in [6.07, 6.45) is 1.94. The van der Waals surface area contributed by atoms with E-state index >= 15 is 0 Å². The third kappa shape index (κ3) is 4.47. The minimum absolute atomic E-state index is 0.195. The number of anilines is 1. The largest absolute Gasteiger partial charge is 0.497 e. The summed E-state index contributed by atoms with van der Waals surface area (Å²) in [5.41, 5.74) is 1.99. The number of ether oxygens (including phenoxy) is 2. The molecule has 0 saturated carbocycles. The van der Waals surface area contributed by atoms with Crippen molar-refractivity contribution >= 4 is 27.5 Å². The van der Waals surface area contributed by atoms with Gasteiger partial charge in [0.05, 0.1) is 19.1 Å². The number of benzene rings is 2. The highest BCUT2D eigenvalue weighted by Crippen LogP contribution is 2.35. The lowest BCUT2D eigenvalue weighted by Gasteiger charge is -2.24. The van der Waals surface area contributed by atoms with Gasteiger partial charge in [-0.25, -0.2) is 8.42 Å². The van der Waals surface area contributed by atoms with Crippen molar-refractivity contribution in [2.75, 3.05) is 32.2 Å². The van der Waals surface area contributed by atoms with Gasteiger partial charge in [-0.1, -0.05) is 0 Å². The van der Waals surface area contributed by atoms with Gasteiger partial charge in [0.1, 0.15) is 17.5 Å². The van der Waals surface area contributed by atoms with Gasteiger partial charge in [0, 0.05) is 50.3 Å². The average Bonchev–Trinajstić information content (AvgIpc) is 3.50. The van der Waals surface area contributed by atoms with Crippen LogP contribution in [0.25, 0.3) is 0 Å². The third-order valence-electron chi connectivity index (χ3n) is 6.33. The second-order valence-corrected chi connectivity index (χ2v) is 10.3. The van der Waals surface area contributed by atoms with Gasteiger partial charge < -0.3 is 14.8 Å². The first-order valence-corrected chi connectivity index (χ1v) is 12.6. The number of nitrogens with zero attached hydrogens (tertiary/aromatic N) is 2. The maximum absolute atomic E-state index is 13.1. The predicted molar refractivity (Wildman–Crippen MR) is 126 cm³/mol. The molecular formula is C24H29N3O6S. The van der Waals surface area contributed by atoms with Crippen molar-refractivity contribution in [2.24, 2.45) is 0 Å². The van der Waals surface area contributed by atoms with E-state index < -0.39 is 16.1 Å². The number of carbonyl (C=O) groups is 2. The zero-order chi connectivity index (χ0) is 24.5.